The number of rotatable bonds is 9. The fraction of sp³-hybridized carbons (Fsp3) is 0.208. The molecule has 1 amide bonds. The lowest BCUT2D eigenvalue weighted by molar-refractivity contribution is 0.102. The molecule has 0 radical (unpaired) electrons. The highest BCUT2D eigenvalue weighted by atomic mass is 35.5. The van der Waals surface area contributed by atoms with Gasteiger partial charge in [-0.05, 0) is 75.1 Å². The highest BCUT2D eigenvalue weighted by molar-refractivity contribution is 7.92. The van der Waals surface area contributed by atoms with Gasteiger partial charge in [0.15, 0.2) is 0 Å². The summed E-state index contributed by atoms with van der Waals surface area (Å²) in [4.78, 5) is 14.7. The minimum absolute atomic E-state index is 0.0120. The lowest BCUT2D eigenvalue weighted by atomic mass is 10.1. The van der Waals surface area contributed by atoms with Crippen molar-refractivity contribution in [3.63, 3.8) is 0 Å². The van der Waals surface area contributed by atoms with E-state index < -0.39 is 15.9 Å². The maximum atomic E-state index is 13.0. The Kier molecular flexibility index (Phi) is 7.97. The van der Waals surface area contributed by atoms with Gasteiger partial charge in [0.1, 0.15) is 10.6 Å². The highest BCUT2D eigenvalue weighted by Gasteiger charge is 2.21. The van der Waals surface area contributed by atoms with Crippen molar-refractivity contribution in [2.75, 3.05) is 30.7 Å². The normalized spacial score (nSPS) is 11.3. The summed E-state index contributed by atoms with van der Waals surface area (Å²) in [5.74, 6) is 0.196. The van der Waals surface area contributed by atoms with E-state index in [0.717, 1.165) is 5.56 Å². The third-order valence-corrected chi connectivity index (χ3v) is 6.52. The summed E-state index contributed by atoms with van der Waals surface area (Å²) in [6, 6.07) is 18.1. The monoisotopic (exact) mass is 487 g/mol. The van der Waals surface area contributed by atoms with E-state index >= 15 is 0 Å². The van der Waals surface area contributed by atoms with Crippen molar-refractivity contribution in [3.05, 3.63) is 82.9 Å². The number of amides is 1. The van der Waals surface area contributed by atoms with Gasteiger partial charge in [-0.2, -0.15) is 0 Å². The van der Waals surface area contributed by atoms with Crippen LogP contribution in [0.1, 0.15) is 22.8 Å². The van der Waals surface area contributed by atoms with Crippen LogP contribution < -0.4 is 14.8 Å². The van der Waals surface area contributed by atoms with E-state index in [1.54, 1.807) is 30.3 Å². The average Bonchev–Trinajstić information content (AvgIpc) is 2.76. The van der Waals surface area contributed by atoms with Crippen LogP contribution in [-0.2, 0) is 16.6 Å². The molecule has 2 N–H and O–H groups in total. The van der Waals surface area contributed by atoms with Gasteiger partial charge in [-0.3, -0.25) is 9.52 Å². The van der Waals surface area contributed by atoms with Crippen molar-refractivity contribution in [1.82, 2.24) is 4.90 Å². The number of ether oxygens (including phenoxy) is 1. The summed E-state index contributed by atoms with van der Waals surface area (Å²) >= 11 is 6.18. The number of benzene rings is 3. The van der Waals surface area contributed by atoms with E-state index in [9.17, 15) is 13.2 Å². The van der Waals surface area contributed by atoms with Crippen LogP contribution in [0.15, 0.2) is 71.6 Å². The van der Waals surface area contributed by atoms with Crippen LogP contribution in [0.3, 0.4) is 0 Å². The number of sulfonamides is 1. The lowest BCUT2D eigenvalue weighted by Crippen LogP contribution is -2.18. The maximum absolute atomic E-state index is 13.0. The van der Waals surface area contributed by atoms with Crippen molar-refractivity contribution < 1.29 is 17.9 Å². The molecule has 174 valence electrons. The summed E-state index contributed by atoms with van der Waals surface area (Å²) in [5.41, 5.74) is 2.12. The van der Waals surface area contributed by atoms with Gasteiger partial charge in [-0.25, -0.2) is 8.42 Å². The molecule has 0 bridgehead atoms. The average molecular weight is 488 g/mol. The molecule has 0 aliphatic rings. The molecule has 0 heterocycles. The maximum Gasteiger partial charge on any atom is 0.263 e. The van der Waals surface area contributed by atoms with E-state index in [2.05, 4.69) is 10.0 Å². The van der Waals surface area contributed by atoms with E-state index in [1.807, 2.05) is 44.1 Å². The topological polar surface area (TPSA) is 87.7 Å². The molecule has 3 aromatic rings. The molecule has 0 spiro atoms. The molecular weight excluding hydrogens is 462 g/mol. The van der Waals surface area contributed by atoms with E-state index in [-0.39, 0.29) is 15.5 Å². The van der Waals surface area contributed by atoms with Crippen LogP contribution in [-0.4, -0.2) is 39.9 Å². The molecule has 0 aliphatic heterocycles. The van der Waals surface area contributed by atoms with Crippen LogP contribution in [0.4, 0.5) is 11.4 Å². The number of anilines is 2. The zero-order valence-corrected chi connectivity index (χ0v) is 20.2. The number of halogens is 1. The Labute approximate surface area is 199 Å². The summed E-state index contributed by atoms with van der Waals surface area (Å²) in [6.07, 6.45) is 0. The number of para-hydroxylation sites is 1. The Morgan fingerprint density at radius 3 is 2.39 bits per heavy atom. The molecule has 9 heteroatoms. The fourth-order valence-corrected chi connectivity index (χ4v) is 4.75. The molecule has 3 aromatic carbocycles. The Balaban J connectivity index is 1.83. The summed E-state index contributed by atoms with van der Waals surface area (Å²) in [7, 11) is -0.158. The van der Waals surface area contributed by atoms with Crippen molar-refractivity contribution in [2.24, 2.45) is 0 Å². The van der Waals surface area contributed by atoms with Crippen LogP contribution >= 0.6 is 11.6 Å². The third kappa shape index (κ3) is 6.47. The van der Waals surface area contributed by atoms with Gasteiger partial charge in [0, 0.05) is 23.5 Å². The van der Waals surface area contributed by atoms with Crippen LogP contribution in [0.25, 0.3) is 0 Å². The lowest BCUT2D eigenvalue weighted by Gasteiger charge is -2.15. The van der Waals surface area contributed by atoms with Crippen LogP contribution in [0, 0.1) is 0 Å². The molecule has 33 heavy (non-hydrogen) atoms. The second kappa shape index (κ2) is 10.7. The minimum atomic E-state index is -4.03. The number of carbonyl (C=O) groups is 1. The van der Waals surface area contributed by atoms with Crippen molar-refractivity contribution in [3.8, 4) is 5.75 Å². The number of hydrogen-bond acceptors (Lipinski definition) is 5. The molecule has 3 rings (SSSR count). The molecule has 0 unspecified atom stereocenters. The number of carbonyl (C=O) groups excluding carboxylic acids is 1. The fourth-order valence-electron chi connectivity index (χ4n) is 3.16. The Hall–Kier alpha value is -3.07. The first kappa shape index (κ1) is 24.6. The molecule has 0 aromatic heterocycles. The molecule has 0 fully saturated rings. The van der Waals surface area contributed by atoms with E-state index in [0.29, 0.717) is 30.3 Å². The van der Waals surface area contributed by atoms with Gasteiger partial charge in [-0.1, -0.05) is 29.8 Å². The predicted molar refractivity (Wildman–Crippen MR) is 132 cm³/mol. The smallest absolute Gasteiger partial charge is 0.263 e. The summed E-state index contributed by atoms with van der Waals surface area (Å²) in [5, 5.41) is 2.87. The summed E-state index contributed by atoms with van der Waals surface area (Å²) < 4.78 is 33.8. The Morgan fingerprint density at radius 1 is 1.03 bits per heavy atom. The van der Waals surface area contributed by atoms with E-state index in [1.165, 1.54) is 18.2 Å². The number of hydrogen-bond donors (Lipinski definition) is 2. The first-order chi connectivity index (χ1) is 15.7. The van der Waals surface area contributed by atoms with Gasteiger partial charge in [0.2, 0.25) is 0 Å². The first-order valence-electron chi connectivity index (χ1n) is 10.3. The Morgan fingerprint density at radius 2 is 1.73 bits per heavy atom. The van der Waals surface area contributed by atoms with Crippen LogP contribution in [0.5, 0.6) is 5.75 Å². The second-order valence-corrected chi connectivity index (χ2v) is 9.62. The zero-order valence-electron chi connectivity index (χ0n) is 18.6. The third-order valence-electron chi connectivity index (χ3n) is 4.65. The van der Waals surface area contributed by atoms with Crippen molar-refractivity contribution in [1.29, 1.82) is 0 Å². The molecule has 0 aliphatic carbocycles. The van der Waals surface area contributed by atoms with Crippen molar-refractivity contribution in [2.45, 2.75) is 18.4 Å². The SMILES string of the molecule is CCOc1ccc(NS(=O)(=O)c2cc(C(=O)Nc3ccccc3CN(C)C)ccc2Cl)cc1. The second-order valence-electron chi connectivity index (χ2n) is 7.56. The van der Waals surface area contributed by atoms with E-state index in [4.69, 9.17) is 16.3 Å². The molecule has 0 atom stereocenters. The molecule has 0 saturated heterocycles. The Bertz CT molecular complexity index is 1230. The van der Waals surface area contributed by atoms with Gasteiger partial charge in [0.05, 0.1) is 11.6 Å². The molecule has 7 nitrogen and oxygen atoms in total. The first-order valence-corrected chi connectivity index (χ1v) is 12.1. The number of nitrogens with zero attached hydrogens (tertiary/aromatic N) is 1. The molecule has 0 saturated carbocycles. The highest BCUT2D eigenvalue weighted by Crippen LogP contribution is 2.27. The minimum Gasteiger partial charge on any atom is -0.494 e. The van der Waals surface area contributed by atoms with Gasteiger partial charge in [0.25, 0.3) is 15.9 Å². The quantitative estimate of drug-likeness (QED) is 0.450. The van der Waals surface area contributed by atoms with Gasteiger partial charge >= 0.3 is 0 Å². The standard InChI is InChI=1S/C24H26ClN3O4S/c1-4-32-20-12-10-19(11-13-20)27-33(30,31)23-15-17(9-14-21(23)25)24(29)26-22-8-6-5-7-18(22)16-28(2)3/h5-15,27H,4,16H2,1-3H3,(H,26,29). The molecular formula is C24H26ClN3O4S. The summed E-state index contributed by atoms with van der Waals surface area (Å²) in [6.45, 7) is 3.01. The predicted octanol–water partition coefficient (Wildman–Crippen LogP) is 4.85. The van der Waals surface area contributed by atoms with Gasteiger partial charge < -0.3 is 15.0 Å². The zero-order chi connectivity index (χ0) is 24.0. The van der Waals surface area contributed by atoms with Crippen molar-refractivity contribution >= 4 is 38.9 Å². The van der Waals surface area contributed by atoms with Crippen LogP contribution in [0.2, 0.25) is 5.02 Å². The largest absolute Gasteiger partial charge is 0.494 e. The number of nitrogens with one attached hydrogen (secondary N) is 2. The van der Waals surface area contributed by atoms with Gasteiger partial charge in [-0.15, -0.1) is 0 Å².